The third kappa shape index (κ3) is 3.68. The van der Waals surface area contributed by atoms with Gasteiger partial charge < -0.3 is 9.47 Å². The summed E-state index contributed by atoms with van der Waals surface area (Å²) < 4.78 is 28.5. The van der Waals surface area contributed by atoms with Crippen molar-refractivity contribution in [2.24, 2.45) is 0 Å². The minimum absolute atomic E-state index is 0.105. The number of nitrogens with one attached hydrogen (secondary N) is 1. The van der Waals surface area contributed by atoms with Gasteiger partial charge >= 0.3 is 0 Å². The molecular formula is C17H21N5O3S. The van der Waals surface area contributed by atoms with Gasteiger partial charge in [-0.3, -0.25) is 4.79 Å². The third-order valence-electron chi connectivity index (χ3n) is 4.24. The van der Waals surface area contributed by atoms with Crippen LogP contribution in [0.4, 0.5) is 0 Å². The van der Waals surface area contributed by atoms with Gasteiger partial charge in [0.25, 0.3) is 5.91 Å². The highest BCUT2D eigenvalue weighted by Crippen LogP contribution is 2.16. The van der Waals surface area contributed by atoms with E-state index in [2.05, 4.69) is 21.5 Å². The molecule has 1 aromatic carbocycles. The quantitative estimate of drug-likeness (QED) is 0.727. The molecule has 0 saturated heterocycles. The van der Waals surface area contributed by atoms with E-state index in [1.165, 1.54) is 30.3 Å². The Bertz CT molecular complexity index is 918. The van der Waals surface area contributed by atoms with Gasteiger partial charge in [0.15, 0.2) is 5.82 Å². The molecule has 9 heteroatoms. The van der Waals surface area contributed by atoms with Gasteiger partial charge in [0.05, 0.1) is 11.4 Å². The number of sulfonamides is 1. The number of carbonyl (C=O) groups excluding carboxylic acids is 1. The molecule has 1 aliphatic heterocycles. The van der Waals surface area contributed by atoms with Gasteiger partial charge in [0.2, 0.25) is 10.0 Å². The molecule has 2 heterocycles. The zero-order valence-corrected chi connectivity index (χ0v) is 15.4. The standard InChI is InChI=1S/C17H21N5O3S/c1-3-10-18-26(24,25)14-8-6-13(7-9-14)17(23)21(2)12-16-20-19-15-5-4-11-22(15)16/h3,6-9,18H,1,4-5,10-12H2,2H3. The zero-order chi connectivity index (χ0) is 18.7. The lowest BCUT2D eigenvalue weighted by Crippen LogP contribution is -2.28. The lowest BCUT2D eigenvalue weighted by Gasteiger charge is -2.17. The van der Waals surface area contributed by atoms with Gasteiger partial charge in [0.1, 0.15) is 5.82 Å². The maximum Gasteiger partial charge on any atom is 0.254 e. The highest BCUT2D eigenvalue weighted by Gasteiger charge is 2.21. The fourth-order valence-electron chi connectivity index (χ4n) is 2.86. The van der Waals surface area contributed by atoms with E-state index in [1.807, 2.05) is 4.57 Å². The number of rotatable bonds is 7. The Morgan fingerprint density at radius 1 is 1.35 bits per heavy atom. The number of fused-ring (bicyclic) bond motifs is 1. The smallest absolute Gasteiger partial charge is 0.254 e. The molecule has 0 bridgehead atoms. The van der Waals surface area contributed by atoms with Crippen LogP contribution in [0.3, 0.4) is 0 Å². The molecule has 1 aliphatic rings. The second-order valence-corrected chi connectivity index (χ2v) is 7.88. The summed E-state index contributed by atoms with van der Waals surface area (Å²) in [4.78, 5) is 14.3. The Labute approximate surface area is 152 Å². The van der Waals surface area contributed by atoms with Crippen molar-refractivity contribution in [3.63, 3.8) is 0 Å². The van der Waals surface area contributed by atoms with E-state index in [0.717, 1.165) is 31.0 Å². The van der Waals surface area contributed by atoms with E-state index < -0.39 is 10.0 Å². The average molecular weight is 375 g/mol. The SMILES string of the molecule is C=CCNS(=O)(=O)c1ccc(C(=O)N(C)Cc2nnc3n2CCC3)cc1. The van der Waals surface area contributed by atoms with E-state index in [-0.39, 0.29) is 17.3 Å². The summed E-state index contributed by atoms with van der Waals surface area (Å²) in [6.45, 7) is 4.86. The molecule has 1 amide bonds. The Morgan fingerprint density at radius 2 is 2.08 bits per heavy atom. The van der Waals surface area contributed by atoms with Crippen LogP contribution < -0.4 is 4.72 Å². The number of aryl methyl sites for hydroxylation is 1. The summed E-state index contributed by atoms with van der Waals surface area (Å²) in [5.74, 6) is 1.52. The van der Waals surface area contributed by atoms with Crippen LogP contribution in [0.5, 0.6) is 0 Å². The van der Waals surface area contributed by atoms with E-state index in [1.54, 1.807) is 11.9 Å². The van der Waals surface area contributed by atoms with Gasteiger partial charge in [-0.2, -0.15) is 0 Å². The summed E-state index contributed by atoms with van der Waals surface area (Å²) in [6.07, 6.45) is 3.43. The first-order valence-corrected chi connectivity index (χ1v) is 9.78. The van der Waals surface area contributed by atoms with Gasteiger partial charge in [-0.15, -0.1) is 16.8 Å². The molecule has 0 atom stereocenters. The Balaban J connectivity index is 1.70. The molecule has 1 N–H and O–H groups in total. The number of aromatic nitrogens is 3. The van der Waals surface area contributed by atoms with E-state index >= 15 is 0 Å². The predicted octanol–water partition coefficient (Wildman–Crippen LogP) is 0.961. The maximum atomic E-state index is 12.6. The lowest BCUT2D eigenvalue weighted by atomic mass is 10.2. The first-order valence-electron chi connectivity index (χ1n) is 8.29. The molecule has 26 heavy (non-hydrogen) atoms. The third-order valence-corrected chi connectivity index (χ3v) is 5.68. The molecule has 0 spiro atoms. The highest BCUT2D eigenvalue weighted by atomic mass is 32.2. The van der Waals surface area contributed by atoms with Crippen molar-refractivity contribution in [1.29, 1.82) is 0 Å². The van der Waals surface area contributed by atoms with Crippen LogP contribution in [0.2, 0.25) is 0 Å². The molecule has 3 rings (SSSR count). The number of benzene rings is 1. The van der Waals surface area contributed by atoms with Crippen molar-refractivity contribution in [2.75, 3.05) is 13.6 Å². The second kappa shape index (κ2) is 7.38. The monoisotopic (exact) mass is 375 g/mol. The van der Waals surface area contributed by atoms with Gasteiger partial charge in [-0.25, -0.2) is 13.1 Å². The minimum atomic E-state index is -3.60. The van der Waals surface area contributed by atoms with E-state index in [0.29, 0.717) is 12.1 Å². The molecule has 8 nitrogen and oxygen atoms in total. The van der Waals surface area contributed by atoms with Crippen LogP contribution in [0, 0.1) is 0 Å². The van der Waals surface area contributed by atoms with Crippen LogP contribution in [0.25, 0.3) is 0 Å². The van der Waals surface area contributed by atoms with Gasteiger partial charge in [-0.05, 0) is 30.7 Å². The van der Waals surface area contributed by atoms with Crippen LogP contribution in [-0.2, 0) is 29.5 Å². The second-order valence-electron chi connectivity index (χ2n) is 6.11. The predicted molar refractivity (Wildman–Crippen MR) is 96.0 cm³/mol. The summed E-state index contributed by atoms with van der Waals surface area (Å²) >= 11 is 0. The van der Waals surface area contributed by atoms with Crippen molar-refractivity contribution in [3.05, 3.63) is 54.1 Å². The number of nitrogens with zero attached hydrogens (tertiary/aromatic N) is 4. The normalized spacial score (nSPS) is 13.4. The number of amides is 1. The summed E-state index contributed by atoms with van der Waals surface area (Å²) in [7, 11) is -1.91. The van der Waals surface area contributed by atoms with Crippen LogP contribution in [-0.4, -0.2) is 47.6 Å². The highest BCUT2D eigenvalue weighted by molar-refractivity contribution is 7.89. The first-order chi connectivity index (χ1) is 12.4. The summed E-state index contributed by atoms with van der Waals surface area (Å²) in [5.41, 5.74) is 0.413. The minimum Gasteiger partial charge on any atom is -0.334 e. The molecule has 2 aromatic rings. The topological polar surface area (TPSA) is 97.2 Å². The van der Waals surface area contributed by atoms with Crippen molar-refractivity contribution in [3.8, 4) is 0 Å². The van der Waals surface area contributed by atoms with E-state index in [4.69, 9.17) is 0 Å². The molecule has 0 unspecified atom stereocenters. The fourth-order valence-corrected chi connectivity index (χ4v) is 3.86. The molecule has 0 radical (unpaired) electrons. The summed E-state index contributed by atoms with van der Waals surface area (Å²) in [5, 5.41) is 8.29. The van der Waals surface area contributed by atoms with E-state index in [9.17, 15) is 13.2 Å². The van der Waals surface area contributed by atoms with Crippen LogP contribution in [0.15, 0.2) is 41.8 Å². The zero-order valence-electron chi connectivity index (χ0n) is 14.6. The average Bonchev–Trinajstić information content (AvgIpc) is 3.24. The van der Waals surface area contributed by atoms with Gasteiger partial charge in [0, 0.05) is 32.1 Å². The Morgan fingerprint density at radius 3 is 2.77 bits per heavy atom. The first kappa shape index (κ1) is 18.3. The lowest BCUT2D eigenvalue weighted by molar-refractivity contribution is 0.0780. The van der Waals surface area contributed by atoms with Crippen molar-refractivity contribution < 1.29 is 13.2 Å². The maximum absolute atomic E-state index is 12.6. The fraction of sp³-hybridized carbons (Fsp3) is 0.353. The Kier molecular flexibility index (Phi) is 5.19. The van der Waals surface area contributed by atoms with Gasteiger partial charge in [-0.1, -0.05) is 6.08 Å². The molecule has 138 valence electrons. The van der Waals surface area contributed by atoms with Crippen molar-refractivity contribution in [1.82, 2.24) is 24.4 Å². The van der Waals surface area contributed by atoms with Crippen LogP contribution >= 0.6 is 0 Å². The number of carbonyl (C=O) groups is 1. The Hall–Kier alpha value is -2.52. The van der Waals surface area contributed by atoms with Crippen LogP contribution in [0.1, 0.15) is 28.4 Å². The largest absolute Gasteiger partial charge is 0.334 e. The molecule has 0 saturated carbocycles. The summed E-state index contributed by atoms with van der Waals surface area (Å²) in [6, 6.07) is 5.85. The number of hydrogen-bond acceptors (Lipinski definition) is 5. The molecular weight excluding hydrogens is 354 g/mol. The molecule has 1 aromatic heterocycles. The molecule has 0 fully saturated rings. The number of hydrogen-bond donors (Lipinski definition) is 1. The van der Waals surface area contributed by atoms with Crippen molar-refractivity contribution in [2.45, 2.75) is 30.8 Å². The van der Waals surface area contributed by atoms with Crippen molar-refractivity contribution >= 4 is 15.9 Å². The molecule has 0 aliphatic carbocycles.